The molecule has 0 spiro atoms. The fraction of sp³-hybridized carbons (Fsp3) is 0.643. The minimum Gasteiger partial charge on any atom is -0.478 e. The summed E-state index contributed by atoms with van der Waals surface area (Å²) in [7, 11) is 0. The number of carbonyl (C=O) groups is 2. The summed E-state index contributed by atoms with van der Waals surface area (Å²) in [5, 5.41) is 15.6. The van der Waals surface area contributed by atoms with E-state index in [4.69, 9.17) is 5.11 Å². The number of hydrogen-bond donors (Lipinski definition) is 2. The number of carboxylic acid groups (broad SMARTS) is 1. The molecule has 1 amide bonds. The van der Waals surface area contributed by atoms with E-state index in [1.165, 1.54) is 29.9 Å². The number of aromatic carboxylic acids is 1. The van der Waals surface area contributed by atoms with Gasteiger partial charge in [0.2, 0.25) is 5.91 Å². The maximum Gasteiger partial charge on any atom is 0.338 e. The average Bonchev–Trinajstić information content (AvgIpc) is 2.85. The summed E-state index contributed by atoms with van der Waals surface area (Å²) in [6, 6.07) is 0.182. The molecule has 112 valence electrons. The Morgan fingerprint density at radius 1 is 1.45 bits per heavy atom. The highest BCUT2D eigenvalue weighted by atomic mass is 16.4. The summed E-state index contributed by atoms with van der Waals surface area (Å²) in [4.78, 5) is 22.4. The SMILES string of the molecule is CCCCCC(C)NC(=O)CCn1cc(C(=O)O)cn1. The molecule has 0 saturated heterocycles. The van der Waals surface area contributed by atoms with Crippen LogP contribution in [0, 0.1) is 0 Å². The minimum absolute atomic E-state index is 0.0265. The van der Waals surface area contributed by atoms with Gasteiger partial charge < -0.3 is 10.4 Å². The summed E-state index contributed by atoms with van der Waals surface area (Å²) in [5.41, 5.74) is 0.137. The highest BCUT2D eigenvalue weighted by Crippen LogP contribution is 2.03. The second-order valence-corrected chi connectivity index (χ2v) is 5.01. The quantitative estimate of drug-likeness (QED) is 0.678. The lowest BCUT2D eigenvalue weighted by Crippen LogP contribution is -2.33. The van der Waals surface area contributed by atoms with Gasteiger partial charge in [-0.15, -0.1) is 0 Å². The van der Waals surface area contributed by atoms with Crippen LogP contribution in [-0.2, 0) is 11.3 Å². The molecule has 6 heteroatoms. The van der Waals surface area contributed by atoms with Crippen molar-refractivity contribution < 1.29 is 14.7 Å². The highest BCUT2D eigenvalue weighted by Gasteiger charge is 2.09. The second-order valence-electron chi connectivity index (χ2n) is 5.01. The minimum atomic E-state index is -1.01. The van der Waals surface area contributed by atoms with Crippen LogP contribution in [0.4, 0.5) is 0 Å². The molecule has 0 saturated carbocycles. The van der Waals surface area contributed by atoms with E-state index in [0.717, 1.165) is 12.8 Å². The Hall–Kier alpha value is -1.85. The number of carbonyl (C=O) groups excluding carboxylic acids is 1. The van der Waals surface area contributed by atoms with Gasteiger partial charge in [-0.3, -0.25) is 9.48 Å². The van der Waals surface area contributed by atoms with Gasteiger partial charge in [0.05, 0.1) is 11.8 Å². The molecular weight excluding hydrogens is 258 g/mol. The molecule has 1 atom stereocenters. The number of unbranched alkanes of at least 4 members (excludes halogenated alkanes) is 2. The number of aromatic nitrogens is 2. The van der Waals surface area contributed by atoms with Crippen LogP contribution in [-0.4, -0.2) is 32.8 Å². The Morgan fingerprint density at radius 2 is 2.20 bits per heavy atom. The molecule has 1 unspecified atom stereocenters. The van der Waals surface area contributed by atoms with Crippen molar-refractivity contribution in [2.75, 3.05) is 0 Å². The number of nitrogens with one attached hydrogen (secondary N) is 1. The number of nitrogens with zero attached hydrogens (tertiary/aromatic N) is 2. The first-order valence-electron chi connectivity index (χ1n) is 7.08. The van der Waals surface area contributed by atoms with E-state index < -0.39 is 5.97 Å². The lowest BCUT2D eigenvalue weighted by Gasteiger charge is -2.13. The lowest BCUT2D eigenvalue weighted by molar-refractivity contribution is -0.122. The third-order valence-electron chi connectivity index (χ3n) is 3.10. The van der Waals surface area contributed by atoms with E-state index in [9.17, 15) is 9.59 Å². The van der Waals surface area contributed by atoms with Crippen LogP contribution in [0.3, 0.4) is 0 Å². The number of hydrogen-bond acceptors (Lipinski definition) is 3. The average molecular weight is 281 g/mol. The van der Waals surface area contributed by atoms with Gasteiger partial charge in [-0.2, -0.15) is 5.10 Å². The van der Waals surface area contributed by atoms with E-state index in [1.807, 2.05) is 6.92 Å². The number of carboxylic acids is 1. The molecule has 1 heterocycles. The van der Waals surface area contributed by atoms with Gasteiger partial charge in [-0.05, 0) is 13.3 Å². The van der Waals surface area contributed by atoms with Gasteiger partial charge in [0.25, 0.3) is 0 Å². The van der Waals surface area contributed by atoms with Crippen molar-refractivity contribution in [1.82, 2.24) is 15.1 Å². The summed E-state index contributed by atoms with van der Waals surface area (Å²) in [6.07, 6.45) is 7.49. The molecule has 0 bridgehead atoms. The molecule has 0 radical (unpaired) electrons. The molecule has 0 aliphatic rings. The fourth-order valence-corrected chi connectivity index (χ4v) is 1.93. The van der Waals surface area contributed by atoms with E-state index in [0.29, 0.717) is 13.0 Å². The lowest BCUT2D eigenvalue weighted by atomic mass is 10.1. The van der Waals surface area contributed by atoms with Crippen molar-refractivity contribution in [2.24, 2.45) is 0 Å². The predicted molar refractivity (Wildman–Crippen MR) is 75.6 cm³/mol. The molecule has 1 rings (SSSR count). The first-order valence-corrected chi connectivity index (χ1v) is 7.08. The van der Waals surface area contributed by atoms with Gasteiger partial charge >= 0.3 is 5.97 Å². The maximum atomic E-state index is 11.7. The van der Waals surface area contributed by atoms with Crippen LogP contribution in [0.5, 0.6) is 0 Å². The predicted octanol–water partition coefficient (Wildman–Crippen LogP) is 2.06. The van der Waals surface area contributed by atoms with Crippen molar-refractivity contribution in [2.45, 2.75) is 58.5 Å². The maximum absolute atomic E-state index is 11.7. The standard InChI is InChI=1S/C14H23N3O3/c1-3-4-5-6-11(2)16-13(18)7-8-17-10-12(9-15-17)14(19)20/h9-11H,3-8H2,1-2H3,(H,16,18)(H,19,20). The Bertz CT molecular complexity index is 443. The van der Waals surface area contributed by atoms with Crippen LogP contribution < -0.4 is 5.32 Å². The number of amides is 1. The molecule has 1 aromatic rings. The van der Waals surface area contributed by atoms with E-state index >= 15 is 0 Å². The van der Waals surface area contributed by atoms with Gasteiger partial charge in [-0.1, -0.05) is 26.2 Å². The monoisotopic (exact) mass is 281 g/mol. The third kappa shape index (κ3) is 5.86. The van der Waals surface area contributed by atoms with Crippen molar-refractivity contribution >= 4 is 11.9 Å². The number of aryl methyl sites for hydroxylation is 1. The van der Waals surface area contributed by atoms with Crippen molar-refractivity contribution in [1.29, 1.82) is 0 Å². The third-order valence-corrected chi connectivity index (χ3v) is 3.10. The Balaban J connectivity index is 2.26. The first-order chi connectivity index (χ1) is 9.52. The topological polar surface area (TPSA) is 84.2 Å². The van der Waals surface area contributed by atoms with Gasteiger partial charge in [0.1, 0.15) is 0 Å². The van der Waals surface area contributed by atoms with Crippen LogP contribution in [0.25, 0.3) is 0 Å². The molecule has 0 aromatic carbocycles. The smallest absolute Gasteiger partial charge is 0.338 e. The van der Waals surface area contributed by atoms with Crippen LogP contribution in [0.15, 0.2) is 12.4 Å². The Kier molecular flexibility index (Phi) is 6.76. The summed E-state index contributed by atoms with van der Waals surface area (Å²) in [5.74, 6) is -1.04. The van der Waals surface area contributed by atoms with Gasteiger partial charge in [-0.25, -0.2) is 4.79 Å². The van der Waals surface area contributed by atoms with Crippen molar-refractivity contribution in [3.05, 3.63) is 18.0 Å². The largest absolute Gasteiger partial charge is 0.478 e. The van der Waals surface area contributed by atoms with Crippen molar-refractivity contribution in [3.63, 3.8) is 0 Å². The first kappa shape index (κ1) is 16.2. The van der Waals surface area contributed by atoms with Gasteiger partial charge in [0.15, 0.2) is 0 Å². The zero-order chi connectivity index (χ0) is 15.0. The van der Waals surface area contributed by atoms with E-state index in [2.05, 4.69) is 17.3 Å². The number of rotatable bonds is 9. The molecule has 0 fully saturated rings. The van der Waals surface area contributed by atoms with Crippen LogP contribution >= 0.6 is 0 Å². The Morgan fingerprint density at radius 3 is 2.80 bits per heavy atom. The molecule has 2 N–H and O–H groups in total. The fourth-order valence-electron chi connectivity index (χ4n) is 1.93. The molecule has 1 aromatic heterocycles. The normalized spacial score (nSPS) is 12.1. The molecule has 0 aliphatic heterocycles. The summed E-state index contributed by atoms with van der Waals surface area (Å²) in [6.45, 7) is 4.55. The molecular formula is C14H23N3O3. The molecule has 20 heavy (non-hydrogen) atoms. The zero-order valence-electron chi connectivity index (χ0n) is 12.1. The van der Waals surface area contributed by atoms with Crippen molar-refractivity contribution in [3.8, 4) is 0 Å². The van der Waals surface area contributed by atoms with E-state index in [-0.39, 0.29) is 17.5 Å². The second kappa shape index (κ2) is 8.35. The Labute approximate surface area is 119 Å². The summed E-state index contributed by atoms with van der Waals surface area (Å²) >= 11 is 0. The zero-order valence-corrected chi connectivity index (χ0v) is 12.1. The van der Waals surface area contributed by atoms with Crippen LogP contribution in [0.1, 0.15) is 56.3 Å². The molecule has 0 aliphatic carbocycles. The van der Waals surface area contributed by atoms with Crippen LogP contribution in [0.2, 0.25) is 0 Å². The van der Waals surface area contributed by atoms with Gasteiger partial charge in [0, 0.05) is 25.2 Å². The van der Waals surface area contributed by atoms with E-state index in [1.54, 1.807) is 0 Å². The highest BCUT2D eigenvalue weighted by molar-refractivity contribution is 5.86. The molecule has 6 nitrogen and oxygen atoms in total. The summed E-state index contributed by atoms with van der Waals surface area (Å²) < 4.78 is 1.48.